The molecule has 0 spiro atoms. The van der Waals surface area contributed by atoms with E-state index in [1.54, 1.807) is 24.3 Å². The van der Waals surface area contributed by atoms with Crippen LogP contribution < -0.4 is 0 Å². The van der Waals surface area contributed by atoms with Crippen LogP contribution in [0.15, 0.2) is 48.5 Å². The first-order valence-corrected chi connectivity index (χ1v) is 8.54. The number of phenols is 1. The molecule has 5 nitrogen and oxygen atoms in total. The maximum absolute atomic E-state index is 13.3. The fourth-order valence-corrected chi connectivity index (χ4v) is 3.50. The molecule has 1 aliphatic rings. The van der Waals surface area contributed by atoms with Gasteiger partial charge in [0.2, 0.25) is 0 Å². The van der Waals surface area contributed by atoms with Crippen molar-refractivity contribution in [3.8, 4) is 17.0 Å². The third-order valence-corrected chi connectivity index (χ3v) is 4.65. The lowest BCUT2D eigenvalue weighted by atomic mass is 9.96. The number of carbonyl (C=O) groups is 1. The van der Waals surface area contributed by atoms with Crippen molar-refractivity contribution in [2.45, 2.75) is 19.4 Å². The molecule has 4 rings (SSSR count). The smallest absolute Gasteiger partial charge is 0.273 e. The molecule has 6 heteroatoms. The van der Waals surface area contributed by atoms with E-state index in [1.165, 1.54) is 12.1 Å². The van der Waals surface area contributed by atoms with Gasteiger partial charge in [-0.05, 0) is 48.4 Å². The minimum absolute atomic E-state index is 0.0965. The standard InChI is InChI=1S/C20H18FN3O2/c1-2-11-24-19(13-5-9-15(25)10-6-13)16-17(22-23-18(16)20(24)26)12-3-7-14(21)8-4-12/h3-10,19,25H,2,11H2,1H3,(H,22,23)/t19-/m0/s1. The van der Waals surface area contributed by atoms with Crippen LogP contribution in [-0.2, 0) is 0 Å². The second kappa shape index (κ2) is 6.29. The van der Waals surface area contributed by atoms with Crippen LogP contribution in [-0.4, -0.2) is 32.7 Å². The number of aromatic amines is 1. The lowest BCUT2D eigenvalue weighted by molar-refractivity contribution is 0.0744. The van der Waals surface area contributed by atoms with Gasteiger partial charge in [0.1, 0.15) is 17.3 Å². The molecule has 1 atom stereocenters. The van der Waals surface area contributed by atoms with Gasteiger partial charge in [0.25, 0.3) is 5.91 Å². The number of fused-ring (bicyclic) bond motifs is 1. The van der Waals surface area contributed by atoms with Crippen molar-refractivity contribution in [3.63, 3.8) is 0 Å². The minimum Gasteiger partial charge on any atom is -0.508 e. The zero-order valence-electron chi connectivity index (χ0n) is 14.2. The second-order valence-corrected chi connectivity index (χ2v) is 6.36. The number of phenolic OH excluding ortho intramolecular Hbond substituents is 1. The summed E-state index contributed by atoms with van der Waals surface area (Å²) in [5.41, 5.74) is 3.55. The van der Waals surface area contributed by atoms with Gasteiger partial charge in [0.05, 0.1) is 11.7 Å². The number of nitrogens with zero attached hydrogens (tertiary/aromatic N) is 2. The van der Waals surface area contributed by atoms with Gasteiger partial charge in [-0.1, -0.05) is 19.1 Å². The van der Waals surface area contributed by atoms with E-state index >= 15 is 0 Å². The van der Waals surface area contributed by atoms with E-state index in [0.717, 1.165) is 23.1 Å². The molecule has 132 valence electrons. The van der Waals surface area contributed by atoms with Gasteiger partial charge >= 0.3 is 0 Å². The molecular formula is C20H18FN3O2. The third kappa shape index (κ3) is 2.54. The number of benzene rings is 2. The average Bonchev–Trinajstić information content (AvgIpc) is 3.17. The van der Waals surface area contributed by atoms with Gasteiger partial charge in [0, 0.05) is 17.7 Å². The van der Waals surface area contributed by atoms with Crippen LogP contribution in [0.25, 0.3) is 11.3 Å². The van der Waals surface area contributed by atoms with Gasteiger partial charge in [-0.2, -0.15) is 5.10 Å². The monoisotopic (exact) mass is 351 g/mol. The maximum Gasteiger partial charge on any atom is 0.273 e. The Kier molecular flexibility index (Phi) is 3.95. The Morgan fingerprint density at radius 3 is 2.50 bits per heavy atom. The number of hydrogen-bond acceptors (Lipinski definition) is 3. The zero-order valence-corrected chi connectivity index (χ0v) is 14.2. The summed E-state index contributed by atoms with van der Waals surface area (Å²) < 4.78 is 13.3. The van der Waals surface area contributed by atoms with Crippen LogP contribution in [0.1, 0.15) is 41.0 Å². The van der Waals surface area contributed by atoms with Crippen LogP contribution in [0.4, 0.5) is 4.39 Å². The molecule has 3 aromatic rings. The summed E-state index contributed by atoms with van der Waals surface area (Å²) >= 11 is 0. The lowest BCUT2D eigenvalue weighted by Gasteiger charge is -2.26. The number of hydrogen-bond donors (Lipinski definition) is 2. The molecule has 0 radical (unpaired) electrons. The van der Waals surface area contributed by atoms with E-state index in [0.29, 0.717) is 17.9 Å². The average molecular weight is 351 g/mol. The molecule has 1 aromatic heterocycles. The predicted octanol–water partition coefficient (Wildman–Crippen LogP) is 3.88. The highest BCUT2D eigenvalue weighted by atomic mass is 19.1. The van der Waals surface area contributed by atoms with E-state index in [4.69, 9.17) is 0 Å². The van der Waals surface area contributed by atoms with Gasteiger partial charge in [-0.3, -0.25) is 9.89 Å². The molecule has 0 bridgehead atoms. The van der Waals surface area contributed by atoms with E-state index < -0.39 is 0 Å². The minimum atomic E-state index is -0.320. The predicted molar refractivity (Wildman–Crippen MR) is 95.3 cm³/mol. The number of halogens is 1. The Hall–Kier alpha value is -3.15. The van der Waals surface area contributed by atoms with Crippen molar-refractivity contribution in [1.29, 1.82) is 0 Å². The zero-order chi connectivity index (χ0) is 18.3. The first-order valence-electron chi connectivity index (χ1n) is 8.54. The molecule has 1 amide bonds. The molecule has 0 aliphatic carbocycles. The van der Waals surface area contributed by atoms with Gasteiger partial charge in [-0.25, -0.2) is 4.39 Å². The molecule has 0 unspecified atom stereocenters. The van der Waals surface area contributed by atoms with Crippen molar-refractivity contribution in [2.24, 2.45) is 0 Å². The number of H-pyrrole nitrogens is 1. The first-order chi connectivity index (χ1) is 12.6. The summed E-state index contributed by atoms with van der Waals surface area (Å²) in [5.74, 6) is -0.244. The summed E-state index contributed by atoms with van der Waals surface area (Å²) in [7, 11) is 0. The van der Waals surface area contributed by atoms with E-state index in [9.17, 15) is 14.3 Å². The van der Waals surface area contributed by atoms with Crippen LogP contribution >= 0.6 is 0 Å². The Morgan fingerprint density at radius 1 is 1.15 bits per heavy atom. The maximum atomic E-state index is 13.3. The van der Waals surface area contributed by atoms with Crippen molar-refractivity contribution >= 4 is 5.91 Å². The molecule has 0 saturated carbocycles. The highest BCUT2D eigenvalue weighted by Crippen LogP contribution is 2.42. The quantitative estimate of drug-likeness (QED) is 0.749. The van der Waals surface area contributed by atoms with Gasteiger partial charge < -0.3 is 10.0 Å². The van der Waals surface area contributed by atoms with Crippen LogP contribution in [0.3, 0.4) is 0 Å². The molecule has 2 N–H and O–H groups in total. The van der Waals surface area contributed by atoms with Crippen molar-refractivity contribution in [2.75, 3.05) is 6.54 Å². The van der Waals surface area contributed by atoms with Crippen molar-refractivity contribution < 1.29 is 14.3 Å². The summed E-state index contributed by atoms with van der Waals surface area (Å²) in [4.78, 5) is 14.7. The Labute approximate surface area is 150 Å². The molecule has 26 heavy (non-hydrogen) atoms. The molecule has 1 aliphatic heterocycles. The van der Waals surface area contributed by atoms with Crippen LogP contribution in [0.5, 0.6) is 5.75 Å². The van der Waals surface area contributed by atoms with Crippen molar-refractivity contribution in [1.82, 2.24) is 15.1 Å². The lowest BCUT2D eigenvalue weighted by Crippen LogP contribution is -2.30. The highest BCUT2D eigenvalue weighted by molar-refractivity contribution is 6.00. The van der Waals surface area contributed by atoms with Crippen molar-refractivity contribution in [3.05, 3.63) is 71.2 Å². The van der Waals surface area contributed by atoms with Crippen LogP contribution in [0, 0.1) is 5.82 Å². The fraction of sp³-hybridized carbons (Fsp3) is 0.200. The molecular weight excluding hydrogens is 333 g/mol. The summed E-state index contributed by atoms with van der Waals surface area (Å²) in [6.07, 6.45) is 0.823. The SMILES string of the molecule is CCCN1C(=O)c2[nH]nc(-c3ccc(F)cc3)c2[C@@H]1c1ccc(O)cc1. The second-order valence-electron chi connectivity index (χ2n) is 6.36. The topological polar surface area (TPSA) is 69.2 Å². The Bertz CT molecular complexity index is 948. The van der Waals surface area contributed by atoms with E-state index in [1.807, 2.05) is 24.0 Å². The van der Waals surface area contributed by atoms with Crippen LogP contribution in [0.2, 0.25) is 0 Å². The number of amides is 1. The van der Waals surface area contributed by atoms with E-state index in [2.05, 4.69) is 10.2 Å². The normalized spacial score (nSPS) is 16.2. The number of aromatic hydroxyl groups is 1. The molecule has 2 heterocycles. The highest BCUT2D eigenvalue weighted by Gasteiger charge is 2.41. The summed E-state index contributed by atoms with van der Waals surface area (Å²) in [6, 6.07) is 12.6. The Balaban J connectivity index is 1.87. The van der Waals surface area contributed by atoms with Gasteiger partial charge in [-0.15, -0.1) is 0 Å². The number of carbonyl (C=O) groups excluding carboxylic acids is 1. The fourth-order valence-electron chi connectivity index (χ4n) is 3.50. The Morgan fingerprint density at radius 2 is 1.85 bits per heavy atom. The summed E-state index contributed by atoms with van der Waals surface area (Å²) in [6.45, 7) is 2.63. The largest absolute Gasteiger partial charge is 0.508 e. The third-order valence-electron chi connectivity index (χ3n) is 4.65. The molecule has 0 fully saturated rings. The number of aromatic nitrogens is 2. The number of nitrogens with one attached hydrogen (secondary N) is 1. The van der Waals surface area contributed by atoms with E-state index in [-0.39, 0.29) is 23.5 Å². The summed E-state index contributed by atoms with van der Waals surface area (Å²) in [5, 5.41) is 16.8. The molecule has 2 aromatic carbocycles. The number of rotatable bonds is 4. The van der Waals surface area contributed by atoms with Gasteiger partial charge in [0.15, 0.2) is 0 Å². The molecule has 0 saturated heterocycles. The first kappa shape index (κ1) is 16.3.